The second-order valence-electron chi connectivity index (χ2n) is 9.29. The average Bonchev–Trinajstić information content (AvgIpc) is 3.55. The van der Waals surface area contributed by atoms with Gasteiger partial charge in [0.25, 0.3) is 0 Å². The van der Waals surface area contributed by atoms with Gasteiger partial charge in [0.05, 0.1) is 44.0 Å². The van der Waals surface area contributed by atoms with E-state index in [0.29, 0.717) is 43.5 Å². The Balaban J connectivity index is 1.13. The number of hydrogen-bond donors (Lipinski definition) is 1. The highest BCUT2D eigenvalue weighted by molar-refractivity contribution is 5.69. The number of rotatable bonds is 7. The molecule has 0 aromatic carbocycles. The number of morpholine rings is 1. The number of aliphatic hydroxyl groups is 1. The van der Waals surface area contributed by atoms with Crippen molar-refractivity contribution in [3.05, 3.63) is 42.6 Å². The first-order valence-corrected chi connectivity index (χ1v) is 12.4. The van der Waals surface area contributed by atoms with Crippen LogP contribution in [0.4, 0.5) is 5.95 Å². The van der Waals surface area contributed by atoms with E-state index in [4.69, 9.17) is 14.8 Å². The van der Waals surface area contributed by atoms with Gasteiger partial charge >= 0.3 is 0 Å². The molecule has 1 fully saturated rings. The Bertz CT molecular complexity index is 1400. The molecule has 2 aliphatic rings. The van der Waals surface area contributed by atoms with E-state index >= 15 is 0 Å². The Labute approximate surface area is 213 Å². The number of aromatic nitrogens is 9. The van der Waals surface area contributed by atoms with Crippen molar-refractivity contribution < 1.29 is 9.84 Å². The van der Waals surface area contributed by atoms with E-state index in [1.807, 2.05) is 25.6 Å². The SMILES string of the molecule is Cn1cc(-c2cnc3nnn(CC4CN(c5ncc(C6=CCN(CCO)CC6)cn5)CCO4)c3n2)cn1. The molecule has 1 saturated heterocycles. The lowest BCUT2D eigenvalue weighted by atomic mass is 10.0. The summed E-state index contributed by atoms with van der Waals surface area (Å²) in [5.41, 5.74) is 5.02. The van der Waals surface area contributed by atoms with Gasteiger partial charge in [-0.1, -0.05) is 11.3 Å². The maximum absolute atomic E-state index is 9.13. The summed E-state index contributed by atoms with van der Waals surface area (Å²) in [5, 5.41) is 21.8. The Morgan fingerprint density at radius 3 is 2.73 bits per heavy atom. The third-order valence-corrected chi connectivity index (χ3v) is 6.74. The van der Waals surface area contributed by atoms with Gasteiger partial charge in [-0.05, 0) is 12.0 Å². The van der Waals surface area contributed by atoms with Gasteiger partial charge in [-0.15, -0.1) is 5.10 Å². The largest absolute Gasteiger partial charge is 0.395 e. The summed E-state index contributed by atoms with van der Waals surface area (Å²) in [7, 11) is 1.87. The highest BCUT2D eigenvalue weighted by atomic mass is 16.5. The number of aryl methyl sites for hydroxylation is 1. The van der Waals surface area contributed by atoms with E-state index in [1.165, 1.54) is 5.57 Å². The third kappa shape index (κ3) is 5.05. The summed E-state index contributed by atoms with van der Waals surface area (Å²) < 4.78 is 9.52. The number of fused-ring (bicyclic) bond motifs is 1. The van der Waals surface area contributed by atoms with E-state index in [0.717, 1.165) is 42.9 Å². The van der Waals surface area contributed by atoms with E-state index in [1.54, 1.807) is 21.8 Å². The van der Waals surface area contributed by atoms with Crippen LogP contribution in [0.3, 0.4) is 0 Å². The lowest BCUT2D eigenvalue weighted by Crippen LogP contribution is -2.45. The van der Waals surface area contributed by atoms with Crippen molar-refractivity contribution in [1.82, 2.24) is 49.6 Å². The van der Waals surface area contributed by atoms with Gasteiger partial charge in [0, 0.05) is 69.5 Å². The monoisotopic (exact) mass is 503 g/mol. The number of hydrogen-bond acceptors (Lipinski definition) is 11. The van der Waals surface area contributed by atoms with E-state index < -0.39 is 0 Å². The van der Waals surface area contributed by atoms with E-state index in [-0.39, 0.29) is 12.7 Å². The Kier molecular flexibility index (Phi) is 6.55. The first-order valence-electron chi connectivity index (χ1n) is 12.4. The zero-order valence-electron chi connectivity index (χ0n) is 20.7. The zero-order chi connectivity index (χ0) is 25.2. The minimum absolute atomic E-state index is 0.121. The molecule has 1 N–H and O–H groups in total. The van der Waals surface area contributed by atoms with Gasteiger partial charge in [-0.2, -0.15) is 5.10 Å². The van der Waals surface area contributed by atoms with Gasteiger partial charge in [-0.3, -0.25) is 9.58 Å². The van der Waals surface area contributed by atoms with Crippen molar-refractivity contribution in [3.8, 4) is 11.3 Å². The molecule has 37 heavy (non-hydrogen) atoms. The minimum atomic E-state index is -0.121. The van der Waals surface area contributed by atoms with Gasteiger partial charge in [0.2, 0.25) is 11.6 Å². The van der Waals surface area contributed by atoms with Crippen LogP contribution in [0.5, 0.6) is 0 Å². The molecule has 192 valence electrons. The smallest absolute Gasteiger partial charge is 0.225 e. The first-order chi connectivity index (χ1) is 18.2. The van der Waals surface area contributed by atoms with Gasteiger partial charge in [-0.25, -0.2) is 24.6 Å². The normalized spacial score (nSPS) is 18.9. The van der Waals surface area contributed by atoms with Crippen LogP contribution in [0.1, 0.15) is 12.0 Å². The van der Waals surface area contributed by atoms with Gasteiger partial charge in [0.1, 0.15) is 0 Å². The number of aliphatic hydroxyl groups excluding tert-OH is 1. The van der Waals surface area contributed by atoms with Gasteiger partial charge in [0.15, 0.2) is 5.65 Å². The van der Waals surface area contributed by atoms with Crippen LogP contribution in [0.15, 0.2) is 37.1 Å². The highest BCUT2D eigenvalue weighted by Crippen LogP contribution is 2.23. The molecular formula is C24H29N11O2. The molecule has 0 radical (unpaired) electrons. The molecule has 4 aromatic heterocycles. The maximum atomic E-state index is 9.13. The van der Waals surface area contributed by atoms with Crippen molar-refractivity contribution >= 4 is 22.8 Å². The fourth-order valence-corrected chi connectivity index (χ4v) is 4.74. The lowest BCUT2D eigenvalue weighted by molar-refractivity contribution is 0.0273. The van der Waals surface area contributed by atoms with Crippen molar-refractivity contribution in [2.45, 2.75) is 19.1 Å². The van der Waals surface area contributed by atoms with Crippen LogP contribution in [0.25, 0.3) is 28.1 Å². The van der Waals surface area contributed by atoms with Crippen molar-refractivity contribution in [2.24, 2.45) is 7.05 Å². The first kappa shape index (κ1) is 23.6. The van der Waals surface area contributed by atoms with Gasteiger partial charge < -0.3 is 14.7 Å². The van der Waals surface area contributed by atoms with Crippen molar-refractivity contribution in [3.63, 3.8) is 0 Å². The molecule has 0 bridgehead atoms. The average molecular weight is 504 g/mol. The second kappa shape index (κ2) is 10.3. The lowest BCUT2D eigenvalue weighted by Gasteiger charge is -2.32. The number of ether oxygens (including phenoxy) is 1. The minimum Gasteiger partial charge on any atom is -0.395 e. The molecule has 6 heterocycles. The summed E-state index contributed by atoms with van der Waals surface area (Å²) in [4.78, 5) is 22.9. The van der Waals surface area contributed by atoms with Crippen LogP contribution >= 0.6 is 0 Å². The topological polar surface area (TPSA) is 136 Å². The van der Waals surface area contributed by atoms with Crippen LogP contribution in [0, 0.1) is 0 Å². The molecule has 0 amide bonds. The molecule has 4 aromatic rings. The molecule has 13 heteroatoms. The maximum Gasteiger partial charge on any atom is 0.225 e. The molecule has 1 unspecified atom stereocenters. The Morgan fingerprint density at radius 2 is 1.97 bits per heavy atom. The number of β-amino-alcohol motifs (C(OH)–C–C–N with tert-alkyl or cyclic N) is 1. The molecule has 6 rings (SSSR count). The van der Waals surface area contributed by atoms with E-state index in [2.05, 4.69) is 46.2 Å². The summed E-state index contributed by atoms with van der Waals surface area (Å²) in [6.45, 7) is 5.09. The van der Waals surface area contributed by atoms with E-state index in [9.17, 15) is 0 Å². The third-order valence-electron chi connectivity index (χ3n) is 6.74. The molecule has 0 spiro atoms. The predicted molar refractivity (Wildman–Crippen MR) is 135 cm³/mol. The highest BCUT2D eigenvalue weighted by Gasteiger charge is 2.25. The fraction of sp³-hybridized carbons (Fsp3) is 0.458. The van der Waals surface area contributed by atoms with Crippen LogP contribution in [0.2, 0.25) is 0 Å². The molecule has 13 nitrogen and oxygen atoms in total. The summed E-state index contributed by atoms with van der Waals surface area (Å²) >= 11 is 0. The molecule has 2 aliphatic heterocycles. The number of anilines is 1. The quantitative estimate of drug-likeness (QED) is 0.375. The second-order valence-corrected chi connectivity index (χ2v) is 9.29. The fourth-order valence-electron chi connectivity index (χ4n) is 4.74. The van der Waals surface area contributed by atoms with Crippen LogP contribution in [-0.2, 0) is 18.3 Å². The summed E-state index contributed by atoms with van der Waals surface area (Å²) in [5.74, 6) is 0.692. The van der Waals surface area contributed by atoms with Crippen LogP contribution in [-0.4, -0.2) is 107 Å². The standard InChI is InChI=1S/C24H29N11O2/c1-32-14-19(12-28-32)21-13-25-22-23(29-21)35(31-30-22)16-20-15-34(7-9-37-20)24-26-10-18(11-27-24)17-2-4-33(5-3-17)6-8-36/h2,10-14,20,36H,3-9,15-16H2,1H3. The molecular weight excluding hydrogens is 474 g/mol. The molecule has 1 atom stereocenters. The van der Waals surface area contributed by atoms with Crippen LogP contribution < -0.4 is 4.90 Å². The summed E-state index contributed by atoms with van der Waals surface area (Å²) in [6.07, 6.45) is 12.2. The number of nitrogens with zero attached hydrogens (tertiary/aromatic N) is 11. The Hall–Kier alpha value is -3.81. The van der Waals surface area contributed by atoms with Crippen molar-refractivity contribution in [1.29, 1.82) is 0 Å². The molecule has 0 aliphatic carbocycles. The zero-order valence-corrected chi connectivity index (χ0v) is 20.7. The Morgan fingerprint density at radius 1 is 1.08 bits per heavy atom. The predicted octanol–water partition coefficient (Wildman–Crippen LogP) is 0.399. The summed E-state index contributed by atoms with van der Waals surface area (Å²) in [6, 6.07) is 0. The molecule has 0 saturated carbocycles. The van der Waals surface area contributed by atoms with Crippen molar-refractivity contribution in [2.75, 3.05) is 50.8 Å².